The van der Waals surface area contributed by atoms with Crippen molar-refractivity contribution in [1.29, 1.82) is 0 Å². The van der Waals surface area contributed by atoms with E-state index in [4.69, 9.17) is 0 Å². The molecule has 1 aromatic carbocycles. The Labute approximate surface area is 114 Å². The van der Waals surface area contributed by atoms with E-state index in [9.17, 15) is 30.0 Å². The van der Waals surface area contributed by atoms with Crippen LogP contribution in [0.15, 0.2) is 18.2 Å². The zero-order chi connectivity index (χ0) is 14.9. The number of likely N-dealkylation sites (tertiary alicyclic amines) is 1. The molecule has 1 aliphatic heterocycles. The topological polar surface area (TPSA) is 118 Å². The number of aliphatic carboxylic acids is 1. The van der Waals surface area contributed by atoms with Crippen molar-refractivity contribution in [2.45, 2.75) is 25.0 Å². The number of aliphatic hydroxyl groups is 1. The minimum absolute atomic E-state index is 0.0123. The molecule has 1 aliphatic rings. The number of phenols is 2. The number of rotatable bonds is 4. The van der Waals surface area contributed by atoms with Gasteiger partial charge in [0.05, 0.1) is 12.5 Å². The predicted octanol–water partition coefficient (Wildman–Crippen LogP) is -0.313. The van der Waals surface area contributed by atoms with Gasteiger partial charge in [0.15, 0.2) is 11.5 Å². The van der Waals surface area contributed by atoms with Gasteiger partial charge in [-0.25, -0.2) is 4.79 Å². The lowest BCUT2D eigenvalue weighted by Crippen LogP contribution is -2.44. The Morgan fingerprint density at radius 1 is 1.35 bits per heavy atom. The zero-order valence-corrected chi connectivity index (χ0v) is 10.6. The monoisotopic (exact) mass is 281 g/mol. The van der Waals surface area contributed by atoms with Crippen molar-refractivity contribution in [3.05, 3.63) is 23.8 Å². The van der Waals surface area contributed by atoms with Crippen LogP contribution < -0.4 is 0 Å². The summed E-state index contributed by atoms with van der Waals surface area (Å²) in [5.74, 6) is -2.24. The number of carboxylic acid groups (broad SMARTS) is 1. The third-order valence-electron chi connectivity index (χ3n) is 3.27. The number of hydrogen-bond donors (Lipinski definition) is 4. The second-order valence-corrected chi connectivity index (χ2v) is 4.79. The first-order chi connectivity index (χ1) is 9.38. The fourth-order valence-electron chi connectivity index (χ4n) is 2.26. The van der Waals surface area contributed by atoms with E-state index in [0.29, 0.717) is 5.56 Å². The molecule has 1 aromatic rings. The molecular formula is C13H15NO6. The molecule has 0 radical (unpaired) electrons. The summed E-state index contributed by atoms with van der Waals surface area (Å²) < 4.78 is 0. The first-order valence-electron chi connectivity index (χ1n) is 6.09. The number of aromatic hydroxyl groups is 2. The summed E-state index contributed by atoms with van der Waals surface area (Å²) in [6.45, 7) is -0.0140. The maximum Gasteiger partial charge on any atom is 0.326 e. The van der Waals surface area contributed by atoms with Crippen molar-refractivity contribution in [2.75, 3.05) is 6.54 Å². The van der Waals surface area contributed by atoms with Gasteiger partial charge in [0, 0.05) is 13.0 Å². The molecule has 1 amide bonds. The van der Waals surface area contributed by atoms with Gasteiger partial charge >= 0.3 is 5.97 Å². The first kappa shape index (κ1) is 14.1. The van der Waals surface area contributed by atoms with Crippen LogP contribution in [0.25, 0.3) is 0 Å². The zero-order valence-electron chi connectivity index (χ0n) is 10.6. The van der Waals surface area contributed by atoms with Crippen LogP contribution in [0.1, 0.15) is 12.0 Å². The normalized spacial score (nSPS) is 20.1. The average Bonchev–Trinajstić information content (AvgIpc) is 2.69. The molecule has 7 heteroatoms. The molecule has 4 N–H and O–H groups in total. The molecule has 20 heavy (non-hydrogen) atoms. The smallest absolute Gasteiger partial charge is 0.326 e. The van der Waals surface area contributed by atoms with Gasteiger partial charge in [-0.3, -0.25) is 4.79 Å². The van der Waals surface area contributed by atoms with Gasteiger partial charge in [-0.2, -0.15) is 0 Å². The first-order valence-corrected chi connectivity index (χ1v) is 6.09. The minimum Gasteiger partial charge on any atom is -0.504 e. The molecule has 2 rings (SSSR count). The van der Waals surface area contributed by atoms with Crippen LogP contribution in [0.4, 0.5) is 0 Å². The highest BCUT2D eigenvalue weighted by Gasteiger charge is 2.37. The molecule has 0 spiro atoms. The van der Waals surface area contributed by atoms with E-state index in [0.717, 1.165) is 4.90 Å². The van der Waals surface area contributed by atoms with Gasteiger partial charge in [-0.15, -0.1) is 0 Å². The standard InChI is InChI=1S/C13H15NO6/c15-8-5-12(18)14(6-8)9(13(19)20)3-7-1-2-10(16)11(17)4-7/h1-2,4,8-9,15-17H,3,5-6H2,(H,19,20). The number of carboxylic acids is 1. The number of aliphatic hydroxyl groups excluding tert-OH is 1. The largest absolute Gasteiger partial charge is 0.504 e. The van der Waals surface area contributed by atoms with E-state index in [2.05, 4.69) is 0 Å². The van der Waals surface area contributed by atoms with Crippen molar-refractivity contribution < 1.29 is 30.0 Å². The fraction of sp³-hybridized carbons (Fsp3) is 0.385. The SMILES string of the molecule is O=C(O)C(Cc1ccc(O)c(O)c1)N1CC(O)CC1=O. The number of carbonyl (C=O) groups excluding carboxylic acids is 1. The van der Waals surface area contributed by atoms with Gasteiger partial charge in [0.25, 0.3) is 0 Å². The van der Waals surface area contributed by atoms with Crippen molar-refractivity contribution in [3.63, 3.8) is 0 Å². The van der Waals surface area contributed by atoms with Gasteiger partial charge in [-0.1, -0.05) is 6.07 Å². The van der Waals surface area contributed by atoms with Crippen molar-refractivity contribution in [1.82, 2.24) is 4.90 Å². The number of hydrogen-bond acceptors (Lipinski definition) is 5. The fourth-order valence-corrected chi connectivity index (χ4v) is 2.26. The van der Waals surface area contributed by atoms with E-state index >= 15 is 0 Å². The highest BCUT2D eigenvalue weighted by molar-refractivity contribution is 5.85. The van der Waals surface area contributed by atoms with Gasteiger partial charge in [-0.05, 0) is 17.7 Å². The number of β-amino-alcohol motifs (C(OH)–C–C–N with tert-alkyl or cyclic N) is 1. The molecule has 0 aliphatic carbocycles. The van der Waals surface area contributed by atoms with Crippen molar-refractivity contribution in [2.24, 2.45) is 0 Å². The lowest BCUT2D eigenvalue weighted by atomic mass is 10.0. The molecule has 1 fully saturated rings. The molecule has 2 unspecified atom stereocenters. The Morgan fingerprint density at radius 2 is 2.05 bits per heavy atom. The number of benzene rings is 1. The van der Waals surface area contributed by atoms with Crippen LogP contribution in [0, 0.1) is 0 Å². The van der Waals surface area contributed by atoms with Crippen LogP contribution in [0.2, 0.25) is 0 Å². The molecule has 0 aromatic heterocycles. The molecule has 1 saturated heterocycles. The number of phenolic OH excluding ortho intramolecular Hbond substituents is 2. The van der Waals surface area contributed by atoms with Crippen molar-refractivity contribution in [3.8, 4) is 11.5 Å². The second-order valence-electron chi connectivity index (χ2n) is 4.79. The Hall–Kier alpha value is -2.28. The van der Waals surface area contributed by atoms with E-state index in [1.54, 1.807) is 0 Å². The van der Waals surface area contributed by atoms with E-state index in [-0.39, 0.29) is 30.9 Å². The summed E-state index contributed by atoms with van der Waals surface area (Å²) >= 11 is 0. The average molecular weight is 281 g/mol. The summed E-state index contributed by atoms with van der Waals surface area (Å²) in [5, 5.41) is 37.3. The highest BCUT2D eigenvalue weighted by Crippen LogP contribution is 2.26. The van der Waals surface area contributed by atoms with Crippen LogP contribution in [-0.2, 0) is 16.0 Å². The molecule has 0 bridgehead atoms. The Bertz CT molecular complexity index is 544. The van der Waals surface area contributed by atoms with Gasteiger partial charge < -0.3 is 25.3 Å². The molecule has 2 atom stereocenters. The summed E-state index contributed by atoms with van der Waals surface area (Å²) in [5.41, 5.74) is 0.474. The van der Waals surface area contributed by atoms with Gasteiger partial charge in [0.2, 0.25) is 5.91 Å². The van der Waals surface area contributed by atoms with Crippen molar-refractivity contribution >= 4 is 11.9 Å². The molecule has 7 nitrogen and oxygen atoms in total. The summed E-state index contributed by atoms with van der Waals surface area (Å²) in [7, 11) is 0. The molecule has 108 valence electrons. The highest BCUT2D eigenvalue weighted by atomic mass is 16.4. The molecular weight excluding hydrogens is 266 g/mol. The summed E-state index contributed by atoms with van der Waals surface area (Å²) in [6, 6.07) is 2.87. The maximum atomic E-state index is 11.7. The Kier molecular flexibility index (Phi) is 3.80. The van der Waals surface area contributed by atoms with Crippen LogP contribution >= 0.6 is 0 Å². The summed E-state index contributed by atoms with van der Waals surface area (Å²) in [6.07, 6.45) is -0.941. The maximum absolute atomic E-state index is 11.7. The van der Waals surface area contributed by atoms with Crippen LogP contribution in [0.5, 0.6) is 11.5 Å². The second kappa shape index (κ2) is 5.38. The molecule has 1 heterocycles. The summed E-state index contributed by atoms with van der Waals surface area (Å²) in [4.78, 5) is 24.1. The lowest BCUT2D eigenvalue weighted by Gasteiger charge is -2.24. The third kappa shape index (κ3) is 2.83. The number of nitrogens with zero attached hydrogens (tertiary/aromatic N) is 1. The number of carbonyl (C=O) groups is 2. The van der Waals surface area contributed by atoms with E-state index in [1.807, 2.05) is 0 Å². The van der Waals surface area contributed by atoms with E-state index < -0.39 is 24.0 Å². The third-order valence-corrected chi connectivity index (χ3v) is 3.27. The number of amides is 1. The van der Waals surface area contributed by atoms with Crippen LogP contribution in [-0.4, -0.2) is 55.9 Å². The van der Waals surface area contributed by atoms with Crippen LogP contribution in [0.3, 0.4) is 0 Å². The quantitative estimate of drug-likeness (QED) is 0.562. The minimum atomic E-state index is -1.18. The predicted molar refractivity (Wildman–Crippen MR) is 67.2 cm³/mol. The van der Waals surface area contributed by atoms with Gasteiger partial charge in [0.1, 0.15) is 6.04 Å². The van der Waals surface area contributed by atoms with E-state index in [1.165, 1.54) is 18.2 Å². The Morgan fingerprint density at radius 3 is 2.55 bits per heavy atom. The Balaban J connectivity index is 2.19. The molecule has 0 saturated carbocycles. The lowest BCUT2D eigenvalue weighted by molar-refractivity contribution is -0.148.